The molecule has 0 spiro atoms. The van der Waals surface area contributed by atoms with E-state index in [1.165, 1.54) is 0 Å². The Hall–Kier alpha value is 4.72. The third-order valence-corrected chi connectivity index (χ3v) is 0. The van der Waals surface area contributed by atoms with Gasteiger partial charge in [0.1, 0.15) is 0 Å². The van der Waals surface area contributed by atoms with Crippen molar-refractivity contribution in [2.24, 2.45) is 0 Å². The predicted molar refractivity (Wildman–Crippen MR) is 33.4 cm³/mol. The molecular weight excluding hydrogens is 754 g/mol. The third kappa shape index (κ3) is 78.4. The molecule has 0 rings (SSSR count). The minimum atomic E-state index is 0. The van der Waals surface area contributed by atoms with Gasteiger partial charge in [0.15, 0.2) is 0 Å². The number of hydrogen-bond donors (Lipinski definition) is 0. The fourth-order valence-electron chi connectivity index (χ4n) is 0. The summed E-state index contributed by atoms with van der Waals surface area (Å²) < 4.78 is 25.1. The van der Waals surface area contributed by atoms with Gasteiger partial charge in [-0.1, -0.05) is 0 Å². The van der Waals surface area contributed by atoms with E-state index in [9.17, 15) is 0 Å². The van der Waals surface area contributed by atoms with Crippen LogP contribution in [0.15, 0.2) is 0 Å². The number of rotatable bonds is 0. The molecule has 0 aliphatic carbocycles. The van der Waals surface area contributed by atoms with Gasteiger partial charge in [0.25, 0.3) is 0 Å². The topological polar surface area (TPSA) is 51.2 Å². The monoisotopic (exact) mass is 758 g/mol. The van der Waals surface area contributed by atoms with E-state index in [4.69, 9.17) is 9.73 Å². The molecule has 0 aromatic carbocycles. The van der Waals surface area contributed by atoms with Crippen molar-refractivity contribution in [2.75, 3.05) is 0 Å². The van der Waals surface area contributed by atoms with Crippen molar-refractivity contribution in [2.45, 2.75) is 0 Å². The summed E-state index contributed by atoms with van der Waals surface area (Å²) in [6.45, 7) is 0. The number of hydrogen-bond acceptors (Lipinski definition) is 3. The second-order valence-corrected chi connectivity index (χ2v) is 0. The summed E-state index contributed by atoms with van der Waals surface area (Å²) in [6, 6.07) is 0. The second kappa shape index (κ2) is 99.6. The van der Waals surface area contributed by atoms with Crippen molar-refractivity contribution < 1.29 is 69.8 Å². The quantitative estimate of drug-likeness (QED) is 0.242. The summed E-state index contributed by atoms with van der Waals surface area (Å²) in [6.07, 6.45) is 0. The smallest absolute Gasteiger partial charge is 0 e. The van der Waals surface area contributed by atoms with Gasteiger partial charge >= 0.3 is 125 Å². The zero-order chi connectivity index (χ0) is 6.00. The summed E-state index contributed by atoms with van der Waals surface area (Å²) >= 11 is 0.725. The summed E-state index contributed by atoms with van der Waals surface area (Å²) in [4.78, 5) is 0. The summed E-state index contributed by atoms with van der Waals surface area (Å²) in [5.74, 6) is 0. The van der Waals surface area contributed by atoms with Crippen LogP contribution in [0.4, 0.5) is 0 Å². The molecule has 3 nitrogen and oxygen atoms in total. The third-order valence-electron chi connectivity index (χ3n) is 0. The first-order valence-electron chi connectivity index (χ1n) is 0.697. The Morgan fingerprint density at radius 2 is 0.800 bits per heavy atom. The SMILES string of the molecule is [Ag].[InH3].[InH3].[O]=[Sn].[O]=[Sn].[O]=[Zn].[Zn]. The Balaban J connectivity index is -0.00000000225. The molecule has 53 valence electrons. The van der Waals surface area contributed by atoms with Crippen LogP contribution in [-0.4, -0.2) is 96.7 Å². The molecule has 0 fully saturated rings. The average Bonchev–Trinajstić information content (AvgIpc) is 1.81. The summed E-state index contributed by atoms with van der Waals surface area (Å²) in [7, 11) is 0. The zero-order valence-electron chi connectivity index (χ0n) is 3.94. The van der Waals surface area contributed by atoms with Crippen LogP contribution in [0.2, 0.25) is 0 Å². The molecule has 0 N–H and O–H groups in total. The van der Waals surface area contributed by atoms with Crippen molar-refractivity contribution in [1.29, 1.82) is 0 Å². The molecule has 10 heteroatoms. The molecule has 0 unspecified atom stereocenters. The van der Waals surface area contributed by atoms with Gasteiger partial charge in [0.05, 0.1) is 0 Å². The zero-order valence-corrected chi connectivity index (χ0v) is 17.1. The Kier molecular flexibility index (Phi) is 463. The molecule has 0 aromatic rings. The van der Waals surface area contributed by atoms with E-state index in [1.54, 1.807) is 0 Å². The first-order valence-corrected chi connectivity index (χ1v) is 4.24. The molecule has 0 saturated heterocycles. The molecule has 0 amide bonds. The Bertz CT molecular complexity index is 27.2. The molecule has 10 heavy (non-hydrogen) atoms. The van der Waals surface area contributed by atoms with Crippen LogP contribution >= 0.6 is 0 Å². The van der Waals surface area contributed by atoms with Crippen molar-refractivity contribution in [3.8, 4) is 0 Å². The Morgan fingerprint density at radius 3 is 0.800 bits per heavy atom. The minimum absolute atomic E-state index is 0. The van der Waals surface area contributed by atoms with Crippen LogP contribution in [0.5, 0.6) is 0 Å². The molecule has 0 atom stereocenters. The molecule has 0 saturated carbocycles. The first-order chi connectivity index (χ1) is 3.00. The van der Waals surface area contributed by atoms with E-state index < -0.39 is 0 Å². The largest absolute Gasteiger partial charge is 0 e. The van der Waals surface area contributed by atoms with Crippen molar-refractivity contribution >= 4 is 96.7 Å². The standard InChI is InChI=1S/Ag.2In.3O.2Sn.2Zn.6H. The average molecular weight is 760 g/mol. The fourth-order valence-corrected chi connectivity index (χ4v) is 0. The van der Waals surface area contributed by atoms with E-state index in [1.807, 2.05) is 0 Å². The molecule has 5 radical (unpaired) electrons. The van der Waals surface area contributed by atoms with Gasteiger partial charge in [-0.25, -0.2) is 0 Å². The molecule has 0 heterocycles. The van der Waals surface area contributed by atoms with Gasteiger partial charge in [0, 0.05) is 41.9 Å². The summed E-state index contributed by atoms with van der Waals surface area (Å²) in [5, 5.41) is 0. The van der Waals surface area contributed by atoms with Crippen molar-refractivity contribution in [3.05, 3.63) is 0 Å². The van der Waals surface area contributed by atoms with Crippen LogP contribution in [-0.2, 0) is 69.8 Å². The van der Waals surface area contributed by atoms with E-state index >= 15 is 0 Å². The van der Waals surface area contributed by atoms with Gasteiger partial charge < -0.3 is 0 Å². The Labute approximate surface area is 162 Å². The minimum Gasteiger partial charge on any atom is 0 e. The van der Waals surface area contributed by atoms with Gasteiger partial charge in [-0.3, -0.25) is 0 Å². The maximum Gasteiger partial charge on any atom is 0 e. The van der Waals surface area contributed by atoms with Gasteiger partial charge in [0.2, 0.25) is 0 Å². The van der Waals surface area contributed by atoms with E-state index in [0.29, 0.717) is 45.0 Å². The molecule has 0 aliphatic heterocycles. The van der Waals surface area contributed by atoms with Gasteiger partial charge in [-0.05, 0) is 0 Å². The van der Waals surface area contributed by atoms with Crippen molar-refractivity contribution in [1.82, 2.24) is 0 Å². The van der Waals surface area contributed by atoms with Gasteiger partial charge in [-0.2, -0.15) is 0 Å². The molecule has 0 aliphatic rings. The van der Waals surface area contributed by atoms with E-state index in [2.05, 4.69) is 0 Å². The van der Waals surface area contributed by atoms with Crippen LogP contribution in [0, 0.1) is 0 Å². The van der Waals surface area contributed by atoms with Crippen LogP contribution < -0.4 is 0 Å². The maximum absolute atomic E-state index is 8.38. The predicted octanol–water partition coefficient (Wildman–Crippen LogP) is -3.49. The summed E-state index contributed by atoms with van der Waals surface area (Å²) in [5.41, 5.74) is 0. The maximum atomic E-state index is 8.38. The normalized spacial score (nSPS) is 1.40. The molecule has 0 bridgehead atoms. The second-order valence-electron chi connectivity index (χ2n) is 0. The van der Waals surface area contributed by atoms with Crippen molar-refractivity contribution in [3.63, 3.8) is 0 Å². The fraction of sp³-hybridized carbons (Fsp3) is 0. The van der Waals surface area contributed by atoms with Crippen LogP contribution in [0.3, 0.4) is 0 Å². The first kappa shape index (κ1) is 46.5. The van der Waals surface area contributed by atoms with E-state index in [0.717, 1.165) is 0 Å². The molecule has 0 aromatic heterocycles. The van der Waals surface area contributed by atoms with Gasteiger partial charge in [-0.15, -0.1) is 0 Å². The van der Waals surface area contributed by atoms with Crippen LogP contribution in [0.25, 0.3) is 0 Å². The molecular formula is H6AgIn2O3Sn2Zn2. The Morgan fingerprint density at radius 1 is 0.800 bits per heavy atom. The van der Waals surface area contributed by atoms with Crippen LogP contribution in [0.1, 0.15) is 0 Å². The van der Waals surface area contributed by atoms with E-state index in [-0.39, 0.29) is 112 Å².